The lowest BCUT2D eigenvalue weighted by Gasteiger charge is -2.26. The van der Waals surface area contributed by atoms with Crippen molar-refractivity contribution in [3.8, 4) is 11.5 Å². The molecule has 0 aliphatic heterocycles. The van der Waals surface area contributed by atoms with Crippen LogP contribution in [0.25, 0.3) is 0 Å². The van der Waals surface area contributed by atoms with Crippen molar-refractivity contribution in [1.82, 2.24) is 10.3 Å². The number of carbonyl (C=O) groups excluding carboxylic acids is 3. The maximum absolute atomic E-state index is 12.6. The molecule has 160 valence electrons. The van der Waals surface area contributed by atoms with Crippen molar-refractivity contribution in [2.24, 2.45) is 11.8 Å². The molecule has 1 aromatic heterocycles. The van der Waals surface area contributed by atoms with Crippen LogP contribution in [-0.2, 0) is 14.3 Å². The first-order valence-electron chi connectivity index (χ1n) is 9.97. The molecule has 0 unspecified atom stereocenters. The van der Waals surface area contributed by atoms with Crippen LogP contribution < -0.4 is 14.8 Å². The minimum atomic E-state index is -0.890. The molecule has 3 atom stereocenters. The minimum Gasteiger partial charge on any atom is -0.493 e. The fourth-order valence-electron chi connectivity index (χ4n) is 3.58. The maximum atomic E-state index is 12.6. The second-order valence-corrected chi connectivity index (χ2v) is 7.53. The average molecular weight is 406 g/mol. The van der Waals surface area contributed by atoms with Crippen molar-refractivity contribution in [2.75, 3.05) is 7.11 Å². The summed E-state index contributed by atoms with van der Waals surface area (Å²) < 4.78 is 15.8. The Hall–Kier alpha value is -2.64. The number of esters is 2. The second-order valence-electron chi connectivity index (χ2n) is 7.53. The van der Waals surface area contributed by atoms with Crippen molar-refractivity contribution in [3.05, 3.63) is 18.0 Å². The predicted molar refractivity (Wildman–Crippen MR) is 106 cm³/mol. The molecular weight excluding hydrogens is 376 g/mol. The lowest BCUT2D eigenvalue weighted by Crippen LogP contribution is -2.42. The third-order valence-electron chi connectivity index (χ3n) is 5.44. The van der Waals surface area contributed by atoms with Gasteiger partial charge in [0.2, 0.25) is 5.75 Å². The lowest BCUT2D eigenvalue weighted by molar-refractivity contribution is -0.153. The zero-order valence-electron chi connectivity index (χ0n) is 17.7. The summed E-state index contributed by atoms with van der Waals surface area (Å²) >= 11 is 0. The highest BCUT2D eigenvalue weighted by Crippen LogP contribution is 2.34. The van der Waals surface area contributed by atoms with E-state index in [1.807, 2.05) is 6.92 Å². The zero-order valence-corrected chi connectivity index (χ0v) is 17.7. The van der Waals surface area contributed by atoms with Gasteiger partial charge in [0.15, 0.2) is 11.4 Å². The Balaban J connectivity index is 2.02. The highest BCUT2D eigenvalue weighted by Gasteiger charge is 2.30. The van der Waals surface area contributed by atoms with Crippen LogP contribution in [0.15, 0.2) is 12.3 Å². The topological polar surface area (TPSA) is 104 Å². The van der Waals surface area contributed by atoms with Gasteiger partial charge in [0, 0.05) is 19.2 Å². The standard InChI is InChI=1S/C21H30N2O6/c1-12(16-8-6-7-9-16)14(3)28-21(26)13(2)23-20(25)18-19(29-15(4)24)17(27-5)10-11-22-18/h10-14,16H,6-9H2,1-5H3,(H,23,25)/t12-,13-,14+/m0/s1. The van der Waals surface area contributed by atoms with Gasteiger partial charge >= 0.3 is 11.9 Å². The van der Waals surface area contributed by atoms with Gasteiger partial charge in [0.05, 0.1) is 7.11 Å². The third kappa shape index (κ3) is 5.92. The third-order valence-corrected chi connectivity index (χ3v) is 5.44. The number of rotatable bonds is 8. The van der Waals surface area contributed by atoms with Crippen LogP contribution >= 0.6 is 0 Å². The van der Waals surface area contributed by atoms with E-state index >= 15 is 0 Å². The van der Waals surface area contributed by atoms with Crippen LogP contribution in [0, 0.1) is 11.8 Å². The fraction of sp³-hybridized carbons (Fsp3) is 0.619. The second kappa shape index (κ2) is 10.2. The predicted octanol–water partition coefficient (Wildman–Crippen LogP) is 2.89. The van der Waals surface area contributed by atoms with Crippen LogP contribution in [0.3, 0.4) is 0 Å². The number of nitrogens with zero attached hydrogens (tertiary/aromatic N) is 1. The first kappa shape index (κ1) is 22.6. The molecule has 1 heterocycles. The fourth-order valence-corrected chi connectivity index (χ4v) is 3.58. The van der Waals surface area contributed by atoms with E-state index in [4.69, 9.17) is 14.2 Å². The highest BCUT2D eigenvalue weighted by atomic mass is 16.6. The lowest BCUT2D eigenvalue weighted by atomic mass is 9.88. The molecule has 0 aromatic carbocycles. The molecule has 1 N–H and O–H groups in total. The summed E-state index contributed by atoms with van der Waals surface area (Å²) in [5.74, 6) is -0.880. The van der Waals surface area contributed by atoms with E-state index in [2.05, 4.69) is 17.2 Å². The maximum Gasteiger partial charge on any atom is 0.328 e. The number of hydrogen-bond donors (Lipinski definition) is 1. The van der Waals surface area contributed by atoms with Crippen LogP contribution in [0.4, 0.5) is 0 Å². The van der Waals surface area contributed by atoms with Crippen LogP contribution in [0.5, 0.6) is 11.5 Å². The molecule has 1 saturated carbocycles. The van der Waals surface area contributed by atoms with E-state index in [9.17, 15) is 14.4 Å². The number of hydrogen-bond acceptors (Lipinski definition) is 7. The van der Waals surface area contributed by atoms with Gasteiger partial charge in [-0.2, -0.15) is 0 Å². The number of methoxy groups -OCH3 is 1. The number of pyridine rings is 1. The summed E-state index contributed by atoms with van der Waals surface area (Å²) in [7, 11) is 1.39. The number of ether oxygens (including phenoxy) is 3. The smallest absolute Gasteiger partial charge is 0.328 e. The Morgan fingerprint density at radius 3 is 2.41 bits per heavy atom. The Kier molecular flexibility index (Phi) is 7.99. The van der Waals surface area contributed by atoms with Gasteiger partial charge in [-0.3, -0.25) is 9.59 Å². The van der Waals surface area contributed by atoms with E-state index in [0.29, 0.717) is 5.92 Å². The summed E-state index contributed by atoms with van der Waals surface area (Å²) in [6, 6.07) is 0.581. The SMILES string of the molecule is COc1ccnc(C(=O)N[C@@H](C)C(=O)O[C@H](C)[C@H](C)C2CCCC2)c1OC(C)=O. The molecule has 1 aromatic rings. The summed E-state index contributed by atoms with van der Waals surface area (Å²) in [6.45, 7) is 6.74. The number of amides is 1. The largest absolute Gasteiger partial charge is 0.493 e. The van der Waals surface area contributed by atoms with Crippen molar-refractivity contribution in [1.29, 1.82) is 0 Å². The molecular formula is C21H30N2O6. The van der Waals surface area contributed by atoms with Gasteiger partial charge in [-0.25, -0.2) is 9.78 Å². The number of aromatic nitrogens is 1. The molecule has 1 fully saturated rings. The van der Waals surface area contributed by atoms with Crippen LogP contribution in [-0.4, -0.2) is 42.1 Å². The Morgan fingerprint density at radius 1 is 1.17 bits per heavy atom. The molecule has 29 heavy (non-hydrogen) atoms. The van der Waals surface area contributed by atoms with E-state index < -0.39 is 23.9 Å². The van der Waals surface area contributed by atoms with Gasteiger partial charge < -0.3 is 19.5 Å². The van der Waals surface area contributed by atoms with Gasteiger partial charge in [-0.15, -0.1) is 0 Å². The van der Waals surface area contributed by atoms with Crippen molar-refractivity contribution in [2.45, 2.75) is 65.5 Å². The molecule has 0 spiro atoms. The molecule has 8 nitrogen and oxygen atoms in total. The van der Waals surface area contributed by atoms with E-state index in [-0.39, 0.29) is 29.2 Å². The summed E-state index contributed by atoms with van der Waals surface area (Å²) in [5.41, 5.74) is -0.147. The first-order valence-corrected chi connectivity index (χ1v) is 9.97. The summed E-state index contributed by atoms with van der Waals surface area (Å²) in [6.07, 6.45) is 5.89. The van der Waals surface area contributed by atoms with Gasteiger partial charge in [-0.05, 0) is 25.7 Å². The van der Waals surface area contributed by atoms with Gasteiger partial charge in [0.25, 0.3) is 5.91 Å². The highest BCUT2D eigenvalue weighted by molar-refractivity contribution is 5.98. The molecule has 2 rings (SSSR count). The summed E-state index contributed by atoms with van der Waals surface area (Å²) in [4.78, 5) is 40.4. The van der Waals surface area contributed by atoms with E-state index in [1.54, 1.807) is 6.92 Å². The molecule has 0 saturated heterocycles. The summed E-state index contributed by atoms with van der Waals surface area (Å²) in [5, 5.41) is 2.55. The van der Waals surface area contributed by atoms with E-state index in [0.717, 1.165) is 12.8 Å². The number of nitrogens with one attached hydrogen (secondary N) is 1. The number of carbonyl (C=O) groups is 3. The average Bonchev–Trinajstić information content (AvgIpc) is 3.21. The molecule has 0 radical (unpaired) electrons. The van der Waals surface area contributed by atoms with Gasteiger partial charge in [0.1, 0.15) is 12.1 Å². The van der Waals surface area contributed by atoms with E-state index in [1.165, 1.54) is 39.1 Å². The Bertz CT molecular complexity index is 745. The Labute approximate surface area is 171 Å². The minimum absolute atomic E-state index is 0.0937. The molecule has 1 aliphatic rings. The zero-order chi connectivity index (χ0) is 21.6. The molecule has 8 heteroatoms. The van der Waals surface area contributed by atoms with Crippen molar-refractivity contribution < 1.29 is 28.6 Å². The van der Waals surface area contributed by atoms with Crippen molar-refractivity contribution >= 4 is 17.8 Å². The van der Waals surface area contributed by atoms with Gasteiger partial charge in [-0.1, -0.05) is 32.6 Å². The molecule has 1 amide bonds. The van der Waals surface area contributed by atoms with Crippen LogP contribution in [0.1, 0.15) is 63.9 Å². The molecule has 1 aliphatic carbocycles. The monoisotopic (exact) mass is 406 g/mol. The normalized spacial score (nSPS) is 17.1. The first-order chi connectivity index (χ1) is 13.7. The Morgan fingerprint density at radius 2 is 1.83 bits per heavy atom. The quantitative estimate of drug-likeness (QED) is 0.662. The molecule has 0 bridgehead atoms. The van der Waals surface area contributed by atoms with Crippen molar-refractivity contribution in [3.63, 3.8) is 0 Å². The van der Waals surface area contributed by atoms with Crippen LogP contribution in [0.2, 0.25) is 0 Å².